The van der Waals surface area contributed by atoms with Gasteiger partial charge in [0.1, 0.15) is 4.88 Å². The number of rotatable bonds is 4. The van der Waals surface area contributed by atoms with Crippen LogP contribution in [0.2, 0.25) is 5.02 Å². The Balaban J connectivity index is 1.52. The number of ether oxygens (including phenoxy) is 2. The zero-order chi connectivity index (χ0) is 19.4. The van der Waals surface area contributed by atoms with Gasteiger partial charge in [0.05, 0.1) is 11.6 Å². The Morgan fingerprint density at radius 3 is 2.41 bits per heavy atom. The van der Waals surface area contributed by atoms with Gasteiger partial charge in [-0.3, -0.25) is 4.79 Å². The van der Waals surface area contributed by atoms with Crippen LogP contribution >= 0.6 is 22.9 Å². The monoisotopic (exact) mass is 410 g/mol. The van der Waals surface area contributed by atoms with Gasteiger partial charge in [0.25, 0.3) is 5.91 Å². The number of halogens is 1. The highest BCUT2D eigenvalue weighted by molar-refractivity contribution is 7.21. The third kappa shape index (κ3) is 4.33. The first kappa shape index (κ1) is 19.4. The number of fused-ring (bicyclic) bond motifs is 1. The Bertz CT molecular complexity index is 861. The van der Waals surface area contributed by atoms with Crippen molar-refractivity contribution in [3.05, 3.63) is 34.2 Å². The summed E-state index contributed by atoms with van der Waals surface area (Å²) in [5.74, 6) is -0.913. The van der Waals surface area contributed by atoms with E-state index in [1.807, 2.05) is 24.3 Å². The first-order valence-corrected chi connectivity index (χ1v) is 9.74. The van der Waals surface area contributed by atoms with Crippen molar-refractivity contribution in [2.24, 2.45) is 0 Å². The number of piperazine rings is 1. The molecule has 0 N–H and O–H groups in total. The van der Waals surface area contributed by atoms with Crippen molar-refractivity contribution < 1.29 is 23.9 Å². The fourth-order valence-electron chi connectivity index (χ4n) is 2.78. The minimum absolute atomic E-state index is 0.290. The lowest BCUT2D eigenvalue weighted by molar-refractivity contribution is -0.136. The molecule has 0 unspecified atom stereocenters. The lowest BCUT2D eigenvalue weighted by atomic mass is 10.2. The van der Waals surface area contributed by atoms with Gasteiger partial charge < -0.3 is 19.3 Å². The molecule has 1 aliphatic rings. The summed E-state index contributed by atoms with van der Waals surface area (Å²) in [6, 6.07) is 7.41. The topological polar surface area (TPSA) is 76.2 Å². The number of carbonyl (C=O) groups is 3. The van der Waals surface area contributed by atoms with Crippen LogP contribution in [0.15, 0.2) is 24.3 Å². The maximum Gasteiger partial charge on any atom is 0.409 e. The molecule has 3 rings (SSSR count). The van der Waals surface area contributed by atoms with Crippen LogP contribution in [0.1, 0.15) is 16.6 Å². The van der Waals surface area contributed by atoms with Crippen molar-refractivity contribution in [3.63, 3.8) is 0 Å². The van der Waals surface area contributed by atoms with Crippen LogP contribution in [0.3, 0.4) is 0 Å². The molecule has 1 aromatic carbocycles. The molecule has 2 amide bonds. The molecule has 144 valence electrons. The molecule has 7 nitrogen and oxygen atoms in total. The summed E-state index contributed by atoms with van der Waals surface area (Å²) in [4.78, 5) is 39.7. The van der Waals surface area contributed by atoms with Crippen molar-refractivity contribution in [2.75, 3.05) is 39.4 Å². The Morgan fingerprint density at radius 2 is 1.74 bits per heavy atom. The van der Waals surface area contributed by atoms with E-state index in [2.05, 4.69) is 0 Å². The molecule has 2 aromatic rings. The number of amides is 2. The van der Waals surface area contributed by atoms with Crippen LogP contribution in [-0.2, 0) is 14.3 Å². The van der Waals surface area contributed by atoms with Crippen molar-refractivity contribution in [2.45, 2.75) is 6.92 Å². The Kier molecular flexibility index (Phi) is 6.18. The molecular formula is C18H19ClN2O5S. The van der Waals surface area contributed by atoms with E-state index in [1.165, 1.54) is 11.3 Å². The third-order valence-electron chi connectivity index (χ3n) is 4.21. The van der Waals surface area contributed by atoms with Gasteiger partial charge in [0, 0.05) is 36.3 Å². The fraction of sp³-hybridized carbons (Fsp3) is 0.389. The SMILES string of the molecule is CCOC(=O)N1CCN(C(=O)COC(=O)c2sc3ccccc3c2Cl)CC1. The molecule has 1 fully saturated rings. The smallest absolute Gasteiger partial charge is 0.409 e. The van der Waals surface area contributed by atoms with Crippen LogP contribution in [0, 0.1) is 0 Å². The van der Waals surface area contributed by atoms with Crippen LogP contribution in [0.4, 0.5) is 4.79 Å². The van der Waals surface area contributed by atoms with Crippen LogP contribution in [0.25, 0.3) is 10.1 Å². The van der Waals surface area contributed by atoms with E-state index < -0.39 is 5.97 Å². The van der Waals surface area contributed by atoms with Crippen LogP contribution in [0.5, 0.6) is 0 Å². The number of hydrogen-bond acceptors (Lipinski definition) is 6. The highest BCUT2D eigenvalue weighted by Crippen LogP contribution is 2.35. The summed E-state index contributed by atoms with van der Waals surface area (Å²) in [5, 5.41) is 1.13. The van der Waals surface area contributed by atoms with E-state index in [4.69, 9.17) is 21.1 Å². The standard InChI is InChI=1S/C18H19ClN2O5S/c1-2-25-18(24)21-9-7-20(8-10-21)14(22)11-26-17(23)16-15(19)12-5-3-4-6-13(12)27-16/h3-6H,2,7-11H2,1H3. The lowest BCUT2D eigenvalue weighted by Gasteiger charge is -2.33. The number of esters is 1. The van der Waals surface area contributed by atoms with E-state index in [0.29, 0.717) is 37.8 Å². The highest BCUT2D eigenvalue weighted by atomic mass is 35.5. The fourth-order valence-corrected chi connectivity index (χ4v) is 4.18. The number of benzene rings is 1. The molecule has 9 heteroatoms. The maximum atomic E-state index is 12.3. The quantitative estimate of drug-likeness (QED) is 0.724. The molecule has 2 heterocycles. The minimum Gasteiger partial charge on any atom is -0.451 e. The molecule has 0 spiro atoms. The normalized spacial score (nSPS) is 14.3. The summed E-state index contributed by atoms with van der Waals surface area (Å²) in [5.41, 5.74) is 0. The van der Waals surface area contributed by atoms with E-state index >= 15 is 0 Å². The average molecular weight is 411 g/mol. The van der Waals surface area contributed by atoms with Crippen molar-refractivity contribution in [1.82, 2.24) is 9.80 Å². The Morgan fingerprint density at radius 1 is 1.07 bits per heavy atom. The summed E-state index contributed by atoms with van der Waals surface area (Å²) < 4.78 is 11.0. The summed E-state index contributed by atoms with van der Waals surface area (Å²) in [7, 11) is 0. The summed E-state index contributed by atoms with van der Waals surface area (Å²) >= 11 is 7.49. The zero-order valence-corrected chi connectivity index (χ0v) is 16.3. The summed E-state index contributed by atoms with van der Waals surface area (Å²) in [6.45, 7) is 3.23. The minimum atomic E-state index is -0.611. The number of carbonyl (C=O) groups excluding carboxylic acids is 3. The largest absolute Gasteiger partial charge is 0.451 e. The maximum absolute atomic E-state index is 12.3. The second-order valence-electron chi connectivity index (χ2n) is 5.88. The Hall–Kier alpha value is -2.32. The summed E-state index contributed by atoms with van der Waals surface area (Å²) in [6.07, 6.45) is -0.379. The van der Waals surface area contributed by atoms with Gasteiger partial charge >= 0.3 is 12.1 Å². The number of thiophene rings is 1. The molecule has 1 aliphatic heterocycles. The first-order chi connectivity index (χ1) is 13.0. The average Bonchev–Trinajstić information content (AvgIpc) is 3.03. The van der Waals surface area contributed by atoms with Gasteiger partial charge in [-0.05, 0) is 13.0 Å². The molecule has 27 heavy (non-hydrogen) atoms. The van der Waals surface area contributed by atoms with E-state index in [9.17, 15) is 14.4 Å². The molecular weight excluding hydrogens is 392 g/mol. The van der Waals surface area contributed by atoms with Gasteiger partial charge in [0.15, 0.2) is 6.61 Å². The van der Waals surface area contributed by atoms with Crippen LogP contribution in [-0.4, -0.2) is 67.2 Å². The van der Waals surface area contributed by atoms with E-state index in [0.717, 1.165) is 10.1 Å². The van der Waals surface area contributed by atoms with Gasteiger partial charge in [-0.2, -0.15) is 0 Å². The van der Waals surface area contributed by atoms with Crippen LogP contribution < -0.4 is 0 Å². The molecule has 1 saturated heterocycles. The Labute approximate surface area is 165 Å². The van der Waals surface area contributed by atoms with Crippen molar-refractivity contribution in [3.8, 4) is 0 Å². The van der Waals surface area contributed by atoms with Crippen molar-refractivity contribution >= 4 is 51.0 Å². The number of nitrogens with zero attached hydrogens (tertiary/aromatic N) is 2. The van der Waals surface area contributed by atoms with E-state index in [1.54, 1.807) is 16.7 Å². The first-order valence-electron chi connectivity index (χ1n) is 8.55. The predicted octanol–water partition coefficient (Wildman–Crippen LogP) is 3.01. The highest BCUT2D eigenvalue weighted by Gasteiger charge is 2.26. The zero-order valence-electron chi connectivity index (χ0n) is 14.8. The molecule has 0 bridgehead atoms. The lowest BCUT2D eigenvalue weighted by Crippen LogP contribution is -2.51. The van der Waals surface area contributed by atoms with Gasteiger partial charge in [0.2, 0.25) is 0 Å². The van der Waals surface area contributed by atoms with Gasteiger partial charge in [-0.15, -0.1) is 11.3 Å². The predicted molar refractivity (Wildman–Crippen MR) is 102 cm³/mol. The van der Waals surface area contributed by atoms with Gasteiger partial charge in [-0.25, -0.2) is 9.59 Å². The molecule has 0 aliphatic carbocycles. The third-order valence-corrected chi connectivity index (χ3v) is 5.86. The van der Waals surface area contributed by atoms with E-state index in [-0.39, 0.29) is 23.5 Å². The van der Waals surface area contributed by atoms with Gasteiger partial charge in [-0.1, -0.05) is 29.8 Å². The second-order valence-corrected chi connectivity index (χ2v) is 7.31. The number of hydrogen-bond donors (Lipinski definition) is 0. The molecule has 0 atom stereocenters. The molecule has 0 radical (unpaired) electrons. The second kappa shape index (κ2) is 8.58. The molecule has 1 aromatic heterocycles. The van der Waals surface area contributed by atoms with Crippen molar-refractivity contribution in [1.29, 1.82) is 0 Å². The molecule has 0 saturated carbocycles.